The van der Waals surface area contributed by atoms with Crippen molar-refractivity contribution < 1.29 is 9.90 Å². The number of nitrogens with zero attached hydrogens (tertiary/aromatic N) is 1. The topological polar surface area (TPSA) is 61.7 Å². The lowest BCUT2D eigenvalue weighted by molar-refractivity contribution is -0.109. The normalized spacial score (nSPS) is 24.5. The van der Waals surface area contributed by atoms with E-state index in [1.807, 2.05) is 6.07 Å². The summed E-state index contributed by atoms with van der Waals surface area (Å²) in [6.45, 7) is 0. The zero-order valence-corrected chi connectivity index (χ0v) is 17.0. The fourth-order valence-electron chi connectivity index (χ4n) is 4.90. The van der Waals surface area contributed by atoms with Crippen molar-refractivity contribution in [3.63, 3.8) is 0 Å². The smallest absolute Gasteiger partial charge is 0.207 e. The van der Waals surface area contributed by atoms with E-state index in [1.165, 1.54) is 28.3 Å². The Bertz CT molecular complexity index is 1080. The number of ketones is 1. The first-order valence-corrected chi connectivity index (χ1v) is 10.9. The predicted molar refractivity (Wildman–Crippen MR) is 119 cm³/mol. The standard InChI is InChI=1S/C26H26N2O2/c29-25-16-26(30)24(28-22-14-6-10-18-8-2-4-12-20(18)22)15-23(25)27-21-13-5-9-17-7-1-3-11-19(17)21/h1-4,7-8,11-12,15-16,21-22,27,29H,5-6,9-10,13-14H2/t21-,22-/m0/s1. The Kier molecular flexibility index (Phi) is 4.99. The second-order valence-corrected chi connectivity index (χ2v) is 8.36. The van der Waals surface area contributed by atoms with E-state index in [9.17, 15) is 9.90 Å². The molecule has 0 radical (unpaired) electrons. The number of rotatable bonds is 3. The van der Waals surface area contributed by atoms with E-state index in [4.69, 9.17) is 4.99 Å². The molecule has 0 bridgehead atoms. The van der Waals surface area contributed by atoms with Crippen molar-refractivity contribution >= 4 is 11.5 Å². The average molecular weight is 399 g/mol. The molecule has 0 heterocycles. The number of allylic oxidation sites excluding steroid dienone is 2. The molecule has 3 aliphatic rings. The van der Waals surface area contributed by atoms with Crippen LogP contribution in [0.15, 0.2) is 77.1 Å². The Morgan fingerprint density at radius 1 is 0.867 bits per heavy atom. The number of aliphatic hydroxyl groups excluding tert-OH is 1. The van der Waals surface area contributed by atoms with Crippen LogP contribution in [0.2, 0.25) is 0 Å². The Labute approximate surface area is 177 Å². The molecule has 0 fully saturated rings. The van der Waals surface area contributed by atoms with E-state index >= 15 is 0 Å². The Morgan fingerprint density at radius 3 is 2.33 bits per heavy atom. The largest absolute Gasteiger partial charge is 0.506 e. The summed E-state index contributed by atoms with van der Waals surface area (Å²) in [6, 6.07) is 16.9. The van der Waals surface area contributed by atoms with Crippen LogP contribution in [0, 0.1) is 0 Å². The number of nitrogens with one attached hydrogen (secondary N) is 1. The molecule has 2 aromatic rings. The van der Waals surface area contributed by atoms with E-state index in [2.05, 4.69) is 47.8 Å². The number of carbonyl (C=O) groups excluding carboxylic acids is 1. The molecule has 5 rings (SSSR count). The van der Waals surface area contributed by atoms with E-state index in [0.717, 1.165) is 38.5 Å². The summed E-state index contributed by atoms with van der Waals surface area (Å²) in [5.74, 6) is -0.240. The van der Waals surface area contributed by atoms with E-state index < -0.39 is 0 Å². The molecule has 2 aromatic carbocycles. The lowest BCUT2D eigenvalue weighted by Crippen LogP contribution is -2.29. The van der Waals surface area contributed by atoms with Crippen molar-refractivity contribution in [2.24, 2.45) is 4.99 Å². The van der Waals surface area contributed by atoms with Crippen LogP contribution in [0.3, 0.4) is 0 Å². The summed E-state index contributed by atoms with van der Waals surface area (Å²) in [7, 11) is 0. The van der Waals surface area contributed by atoms with Gasteiger partial charge in [-0.15, -0.1) is 0 Å². The molecule has 0 amide bonds. The zero-order valence-electron chi connectivity index (χ0n) is 17.0. The quantitative estimate of drug-likeness (QED) is 0.709. The number of hydrogen-bond donors (Lipinski definition) is 2. The van der Waals surface area contributed by atoms with Gasteiger partial charge >= 0.3 is 0 Å². The molecule has 4 heteroatoms. The second kappa shape index (κ2) is 7.94. The monoisotopic (exact) mass is 398 g/mol. The van der Waals surface area contributed by atoms with Gasteiger partial charge in [0, 0.05) is 6.08 Å². The van der Waals surface area contributed by atoms with Gasteiger partial charge in [0.05, 0.1) is 17.8 Å². The molecule has 30 heavy (non-hydrogen) atoms. The molecular weight excluding hydrogens is 372 g/mol. The van der Waals surface area contributed by atoms with E-state index in [1.54, 1.807) is 6.08 Å². The summed E-state index contributed by atoms with van der Waals surface area (Å²) in [6.07, 6.45) is 9.29. The molecule has 4 nitrogen and oxygen atoms in total. The van der Waals surface area contributed by atoms with Crippen molar-refractivity contribution in [2.75, 3.05) is 0 Å². The average Bonchev–Trinajstić information content (AvgIpc) is 2.77. The molecule has 0 unspecified atom stereocenters. The fraction of sp³-hybridized carbons (Fsp3) is 0.308. The lowest BCUT2D eigenvalue weighted by atomic mass is 9.87. The summed E-state index contributed by atoms with van der Waals surface area (Å²) >= 11 is 0. The maximum Gasteiger partial charge on any atom is 0.207 e. The van der Waals surface area contributed by atoms with Crippen LogP contribution in [0.1, 0.15) is 60.0 Å². The van der Waals surface area contributed by atoms with Gasteiger partial charge in [-0.3, -0.25) is 9.79 Å². The number of carbonyl (C=O) groups is 1. The molecule has 0 aromatic heterocycles. The van der Waals surface area contributed by atoms with Crippen LogP contribution in [0.25, 0.3) is 0 Å². The number of benzene rings is 2. The van der Waals surface area contributed by atoms with Crippen molar-refractivity contribution in [3.05, 3.63) is 94.4 Å². The zero-order chi connectivity index (χ0) is 20.5. The highest BCUT2D eigenvalue weighted by Crippen LogP contribution is 2.34. The third-order valence-corrected chi connectivity index (χ3v) is 6.41. The van der Waals surface area contributed by atoms with Crippen LogP contribution in [0.4, 0.5) is 0 Å². The highest BCUT2D eigenvalue weighted by atomic mass is 16.3. The van der Waals surface area contributed by atoms with Crippen LogP contribution >= 0.6 is 0 Å². The number of aryl methyl sites for hydroxylation is 2. The minimum absolute atomic E-state index is 0.00421. The SMILES string of the molecule is O=C1C=C(O)C(N[C@H]2CCCc3ccccc32)=CC1=N[C@H]1CCCc2ccccc21. The van der Waals surface area contributed by atoms with Gasteiger partial charge in [-0.25, -0.2) is 0 Å². The second-order valence-electron chi connectivity index (χ2n) is 8.36. The number of fused-ring (bicyclic) bond motifs is 2. The summed E-state index contributed by atoms with van der Waals surface area (Å²) in [4.78, 5) is 17.4. The lowest BCUT2D eigenvalue weighted by Gasteiger charge is -2.29. The highest BCUT2D eigenvalue weighted by molar-refractivity contribution is 6.49. The molecule has 0 spiro atoms. The number of aliphatic hydroxyl groups is 1. The Morgan fingerprint density at radius 2 is 1.53 bits per heavy atom. The van der Waals surface area contributed by atoms with E-state index in [0.29, 0.717) is 11.4 Å². The van der Waals surface area contributed by atoms with Crippen molar-refractivity contribution in [1.82, 2.24) is 5.32 Å². The number of aliphatic imine (C=N–C) groups is 1. The first kappa shape index (κ1) is 18.9. The minimum atomic E-state index is -0.231. The third kappa shape index (κ3) is 3.58. The molecule has 0 saturated heterocycles. The van der Waals surface area contributed by atoms with Gasteiger partial charge < -0.3 is 10.4 Å². The van der Waals surface area contributed by atoms with E-state index in [-0.39, 0.29) is 23.6 Å². The van der Waals surface area contributed by atoms with Gasteiger partial charge in [0.2, 0.25) is 5.78 Å². The Balaban J connectivity index is 1.44. The van der Waals surface area contributed by atoms with Gasteiger partial charge in [0.1, 0.15) is 11.5 Å². The molecule has 0 aliphatic heterocycles. The van der Waals surface area contributed by atoms with Crippen LogP contribution < -0.4 is 5.32 Å². The summed E-state index contributed by atoms with van der Waals surface area (Å²) in [5.41, 5.74) is 6.16. The third-order valence-electron chi connectivity index (χ3n) is 6.41. The van der Waals surface area contributed by atoms with Gasteiger partial charge in [0.25, 0.3) is 0 Å². The predicted octanol–water partition coefficient (Wildman–Crippen LogP) is 5.08. The van der Waals surface area contributed by atoms with Crippen molar-refractivity contribution in [3.8, 4) is 0 Å². The number of hydrogen-bond acceptors (Lipinski definition) is 4. The minimum Gasteiger partial charge on any atom is -0.506 e. The van der Waals surface area contributed by atoms with Gasteiger partial charge in [0.15, 0.2) is 0 Å². The molecule has 0 saturated carbocycles. The molecule has 3 aliphatic carbocycles. The van der Waals surface area contributed by atoms with Gasteiger partial charge in [-0.05, 0) is 66.9 Å². The molecule has 152 valence electrons. The van der Waals surface area contributed by atoms with Crippen LogP contribution in [-0.4, -0.2) is 16.6 Å². The highest BCUT2D eigenvalue weighted by Gasteiger charge is 2.26. The van der Waals surface area contributed by atoms with Crippen LogP contribution in [0.5, 0.6) is 0 Å². The molecular formula is C26H26N2O2. The first-order chi connectivity index (χ1) is 14.7. The maximum absolute atomic E-state index is 12.6. The molecule has 2 N–H and O–H groups in total. The summed E-state index contributed by atoms with van der Waals surface area (Å²) in [5, 5.41) is 13.9. The molecule has 2 atom stereocenters. The van der Waals surface area contributed by atoms with Gasteiger partial charge in [-0.2, -0.15) is 0 Å². The van der Waals surface area contributed by atoms with Crippen molar-refractivity contribution in [1.29, 1.82) is 0 Å². The summed E-state index contributed by atoms with van der Waals surface area (Å²) < 4.78 is 0. The Hall–Kier alpha value is -3.14. The first-order valence-electron chi connectivity index (χ1n) is 10.9. The van der Waals surface area contributed by atoms with Crippen molar-refractivity contribution in [2.45, 2.75) is 50.6 Å². The van der Waals surface area contributed by atoms with Crippen LogP contribution in [-0.2, 0) is 17.6 Å². The fourth-order valence-corrected chi connectivity index (χ4v) is 4.90. The van der Waals surface area contributed by atoms with Gasteiger partial charge in [-0.1, -0.05) is 48.5 Å². The maximum atomic E-state index is 12.6.